The van der Waals surface area contributed by atoms with Crippen LogP contribution in [0.4, 0.5) is 0 Å². The first-order valence-electron chi connectivity index (χ1n) is 7.91. The van der Waals surface area contributed by atoms with Gasteiger partial charge in [-0.15, -0.1) is 0 Å². The minimum absolute atomic E-state index is 0.00135. The van der Waals surface area contributed by atoms with Crippen LogP contribution in [-0.2, 0) is 20.9 Å². The summed E-state index contributed by atoms with van der Waals surface area (Å²) in [5.41, 5.74) is 1.33. The third-order valence-corrected chi connectivity index (χ3v) is 3.63. The number of hydrogen-bond acceptors (Lipinski definition) is 6. The Balaban J connectivity index is 2.92. The van der Waals surface area contributed by atoms with Crippen LogP contribution < -0.4 is 16.1 Å². The number of likely N-dealkylation sites (N-methyl/N-ethyl adjacent to an activating group) is 1. The molecular weight excluding hydrogens is 330 g/mol. The Hall–Kier alpha value is -2.46. The van der Waals surface area contributed by atoms with Gasteiger partial charge in [-0.25, -0.2) is 5.48 Å². The van der Waals surface area contributed by atoms with Crippen LogP contribution >= 0.6 is 0 Å². The van der Waals surface area contributed by atoms with Crippen LogP contribution in [0.1, 0.15) is 20.3 Å². The number of carbonyl (C=O) groups is 3. The molecule has 1 aromatic rings. The molecule has 0 spiro atoms. The Labute approximate surface area is 145 Å². The molecule has 0 fully saturated rings. The van der Waals surface area contributed by atoms with Gasteiger partial charge in [-0.2, -0.15) is 5.10 Å². The van der Waals surface area contributed by atoms with Gasteiger partial charge >= 0.3 is 0 Å². The van der Waals surface area contributed by atoms with Crippen molar-refractivity contribution >= 4 is 17.7 Å². The largest absolute Gasteiger partial charge is 0.382 e. The van der Waals surface area contributed by atoms with E-state index < -0.39 is 35.8 Å². The van der Waals surface area contributed by atoms with Gasteiger partial charge in [0.05, 0.1) is 12.5 Å². The molecular formula is C15H25N5O5. The molecule has 0 aliphatic carbocycles. The molecule has 1 heterocycles. The number of hydrogen-bond donors (Lipinski definition) is 5. The van der Waals surface area contributed by atoms with E-state index in [0.717, 1.165) is 0 Å². The maximum Gasteiger partial charge on any atom is 0.272 e. The Morgan fingerprint density at radius 2 is 1.88 bits per heavy atom. The summed E-state index contributed by atoms with van der Waals surface area (Å²) < 4.78 is 1.48. The fourth-order valence-corrected chi connectivity index (χ4v) is 2.38. The monoisotopic (exact) mass is 355 g/mol. The highest BCUT2D eigenvalue weighted by Crippen LogP contribution is 2.17. The van der Waals surface area contributed by atoms with Gasteiger partial charge in [0.2, 0.25) is 11.8 Å². The highest BCUT2D eigenvalue weighted by atomic mass is 16.5. The quantitative estimate of drug-likeness (QED) is 0.273. The second-order valence-electron chi connectivity index (χ2n) is 6.06. The Morgan fingerprint density at radius 3 is 2.36 bits per heavy atom. The summed E-state index contributed by atoms with van der Waals surface area (Å²) in [7, 11) is 1.43. The average molecular weight is 355 g/mol. The van der Waals surface area contributed by atoms with Crippen LogP contribution in [0.2, 0.25) is 0 Å². The number of hydroxylamine groups is 1. The van der Waals surface area contributed by atoms with Crippen molar-refractivity contribution in [3.8, 4) is 0 Å². The van der Waals surface area contributed by atoms with E-state index in [-0.39, 0.29) is 18.9 Å². The van der Waals surface area contributed by atoms with Gasteiger partial charge in [0.25, 0.3) is 5.91 Å². The van der Waals surface area contributed by atoms with E-state index in [1.54, 1.807) is 18.5 Å². The standard InChI is InChI=1S/C15H25N5O5/c1-9(2)7-10(12(21)15(24)19-25)13(22)18-11(14(23)16-3)8-20-6-4-5-17-20/h4-6,9-12,21,25H,7-8H2,1-3H3,(H,16,23)(H,18,22)(H,19,24)/t10-,11?,12+/m1/s1. The lowest BCUT2D eigenvalue weighted by Gasteiger charge is -2.25. The Bertz CT molecular complexity index is 575. The molecule has 0 aliphatic rings. The lowest BCUT2D eigenvalue weighted by atomic mass is 9.90. The van der Waals surface area contributed by atoms with E-state index in [9.17, 15) is 19.5 Å². The number of aromatic nitrogens is 2. The molecule has 140 valence electrons. The van der Waals surface area contributed by atoms with Crippen molar-refractivity contribution in [2.45, 2.75) is 39.0 Å². The molecule has 3 amide bonds. The molecule has 0 saturated heterocycles. The van der Waals surface area contributed by atoms with Crippen LogP contribution in [-0.4, -0.2) is 57.0 Å². The molecule has 5 N–H and O–H groups in total. The van der Waals surface area contributed by atoms with Crippen LogP contribution in [0.15, 0.2) is 18.5 Å². The van der Waals surface area contributed by atoms with Crippen molar-refractivity contribution in [1.82, 2.24) is 25.9 Å². The summed E-state index contributed by atoms with van der Waals surface area (Å²) >= 11 is 0. The summed E-state index contributed by atoms with van der Waals surface area (Å²) in [4.78, 5) is 36.1. The highest BCUT2D eigenvalue weighted by Gasteiger charge is 2.34. The zero-order valence-corrected chi connectivity index (χ0v) is 14.5. The van der Waals surface area contributed by atoms with Gasteiger partial charge in [0, 0.05) is 19.4 Å². The average Bonchev–Trinajstić information content (AvgIpc) is 3.09. The van der Waals surface area contributed by atoms with Crippen molar-refractivity contribution < 1.29 is 24.7 Å². The molecule has 10 heteroatoms. The summed E-state index contributed by atoms with van der Waals surface area (Å²) in [6.07, 6.45) is 1.65. The molecule has 3 atom stereocenters. The number of aliphatic hydroxyl groups is 1. The smallest absolute Gasteiger partial charge is 0.272 e. The predicted molar refractivity (Wildman–Crippen MR) is 87.1 cm³/mol. The first-order valence-corrected chi connectivity index (χ1v) is 7.91. The first kappa shape index (κ1) is 20.6. The summed E-state index contributed by atoms with van der Waals surface area (Å²) in [5.74, 6) is -3.29. The molecule has 0 saturated carbocycles. The van der Waals surface area contributed by atoms with Crippen molar-refractivity contribution in [2.24, 2.45) is 11.8 Å². The van der Waals surface area contributed by atoms with Crippen LogP contribution in [0.3, 0.4) is 0 Å². The lowest BCUT2D eigenvalue weighted by Crippen LogP contribution is -2.53. The molecule has 1 unspecified atom stereocenters. The molecule has 0 aromatic carbocycles. The summed E-state index contributed by atoms with van der Waals surface area (Å²) in [5, 5.41) is 27.7. The maximum absolute atomic E-state index is 12.6. The zero-order chi connectivity index (χ0) is 19.0. The number of rotatable bonds is 9. The second-order valence-corrected chi connectivity index (χ2v) is 6.06. The maximum atomic E-state index is 12.6. The molecule has 10 nitrogen and oxygen atoms in total. The molecule has 1 aromatic heterocycles. The molecule has 25 heavy (non-hydrogen) atoms. The van der Waals surface area contributed by atoms with Crippen molar-refractivity contribution in [2.75, 3.05) is 7.05 Å². The fourth-order valence-electron chi connectivity index (χ4n) is 2.38. The van der Waals surface area contributed by atoms with Crippen molar-refractivity contribution in [1.29, 1.82) is 0 Å². The van der Waals surface area contributed by atoms with Gasteiger partial charge in [-0.05, 0) is 18.4 Å². The van der Waals surface area contributed by atoms with E-state index >= 15 is 0 Å². The number of nitrogens with one attached hydrogen (secondary N) is 3. The first-order chi connectivity index (χ1) is 11.8. The highest BCUT2D eigenvalue weighted by molar-refractivity contribution is 5.92. The molecule has 1 rings (SSSR count). The van der Waals surface area contributed by atoms with Crippen LogP contribution in [0.25, 0.3) is 0 Å². The van der Waals surface area contributed by atoms with E-state index in [2.05, 4.69) is 15.7 Å². The third kappa shape index (κ3) is 6.16. The van der Waals surface area contributed by atoms with Gasteiger partial charge < -0.3 is 15.7 Å². The van der Waals surface area contributed by atoms with E-state index in [0.29, 0.717) is 0 Å². The minimum atomic E-state index is -1.73. The van der Waals surface area contributed by atoms with Crippen molar-refractivity contribution in [3.05, 3.63) is 18.5 Å². The summed E-state index contributed by atoms with van der Waals surface area (Å²) in [6, 6.07) is 0.746. The lowest BCUT2D eigenvalue weighted by molar-refractivity contribution is -0.147. The van der Waals surface area contributed by atoms with Gasteiger partial charge in [0.1, 0.15) is 12.1 Å². The van der Waals surface area contributed by atoms with Crippen LogP contribution in [0.5, 0.6) is 0 Å². The predicted octanol–water partition coefficient (Wildman–Crippen LogP) is -1.36. The topological polar surface area (TPSA) is 146 Å². The fraction of sp³-hybridized carbons (Fsp3) is 0.600. The number of carbonyl (C=O) groups excluding carboxylic acids is 3. The van der Waals surface area contributed by atoms with Gasteiger partial charge in [0.15, 0.2) is 0 Å². The Kier molecular flexibility index (Phi) is 8.02. The number of nitrogens with zero attached hydrogens (tertiary/aromatic N) is 2. The van der Waals surface area contributed by atoms with E-state index in [1.165, 1.54) is 17.2 Å². The van der Waals surface area contributed by atoms with Crippen molar-refractivity contribution in [3.63, 3.8) is 0 Å². The van der Waals surface area contributed by atoms with Crippen LogP contribution in [0, 0.1) is 11.8 Å². The zero-order valence-electron chi connectivity index (χ0n) is 14.5. The van der Waals surface area contributed by atoms with Gasteiger partial charge in [-0.3, -0.25) is 24.3 Å². The second kappa shape index (κ2) is 9.74. The number of amides is 3. The van der Waals surface area contributed by atoms with E-state index in [1.807, 2.05) is 13.8 Å². The molecule has 0 radical (unpaired) electrons. The molecule has 0 aliphatic heterocycles. The molecule has 0 bridgehead atoms. The number of aliphatic hydroxyl groups excluding tert-OH is 1. The normalized spacial score (nSPS) is 14.5. The minimum Gasteiger partial charge on any atom is -0.382 e. The SMILES string of the molecule is CNC(=O)C(Cn1cccn1)NC(=O)[C@H](CC(C)C)[C@H](O)C(=O)NO. The van der Waals surface area contributed by atoms with E-state index in [4.69, 9.17) is 5.21 Å². The Morgan fingerprint density at radius 1 is 1.20 bits per heavy atom. The summed E-state index contributed by atoms with van der Waals surface area (Å²) in [6.45, 7) is 3.74. The third-order valence-electron chi connectivity index (χ3n) is 3.63. The van der Waals surface area contributed by atoms with Gasteiger partial charge in [-0.1, -0.05) is 13.8 Å².